The van der Waals surface area contributed by atoms with Crippen LogP contribution < -0.4 is 0 Å². The second-order valence-electron chi connectivity index (χ2n) is 4.51. The molecule has 0 spiro atoms. The number of aromatic nitrogens is 2. The van der Waals surface area contributed by atoms with Gasteiger partial charge in [-0.05, 0) is 31.8 Å². The summed E-state index contributed by atoms with van der Waals surface area (Å²) in [5.74, 6) is 1.35. The number of nitrogens with zero attached hydrogens (tertiary/aromatic N) is 3. The molecule has 3 aliphatic rings. The van der Waals surface area contributed by atoms with Gasteiger partial charge in [0.2, 0.25) is 0 Å². The largest absolute Gasteiger partial charge is 0.303 e. The average Bonchev–Trinajstić information content (AvgIpc) is 2.30. The maximum atomic E-state index is 5.88. The van der Waals surface area contributed by atoms with Gasteiger partial charge >= 0.3 is 0 Å². The summed E-state index contributed by atoms with van der Waals surface area (Å²) in [5, 5.41) is 0.518. The first-order valence-electron chi connectivity index (χ1n) is 5.53. The molecule has 3 nitrogen and oxygen atoms in total. The van der Waals surface area contributed by atoms with Crippen molar-refractivity contribution in [3.8, 4) is 0 Å². The highest BCUT2D eigenvalue weighted by Gasteiger charge is 2.35. The Balaban J connectivity index is 1.88. The molecule has 2 bridgehead atoms. The van der Waals surface area contributed by atoms with Crippen molar-refractivity contribution in [1.29, 1.82) is 0 Å². The predicted octanol–water partition coefficient (Wildman–Crippen LogP) is 1.94. The number of piperidine rings is 3. The van der Waals surface area contributed by atoms with Crippen LogP contribution in [-0.2, 0) is 0 Å². The van der Waals surface area contributed by atoms with Crippen LogP contribution in [0.4, 0.5) is 0 Å². The molecule has 1 aromatic heterocycles. The van der Waals surface area contributed by atoms with Gasteiger partial charge in [-0.2, -0.15) is 0 Å². The number of hydrogen-bond acceptors (Lipinski definition) is 3. The topological polar surface area (TPSA) is 29.0 Å². The SMILES string of the molecule is Clc1cncc([C@H]2CN3CCC2CC3)n1. The Morgan fingerprint density at radius 2 is 2.07 bits per heavy atom. The standard InChI is InChI=1S/C11H14ClN3/c12-11-6-13-5-10(14-11)9-7-15-3-1-8(9)2-4-15/h5-6,8-9H,1-4,7H2/t9-/m0/s1. The molecule has 3 aliphatic heterocycles. The number of halogens is 1. The molecule has 0 unspecified atom stereocenters. The van der Waals surface area contributed by atoms with Crippen molar-refractivity contribution in [2.75, 3.05) is 19.6 Å². The number of rotatable bonds is 1. The Morgan fingerprint density at radius 1 is 1.27 bits per heavy atom. The predicted molar refractivity (Wildman–Crippen MR) is 58.9 cm³/mol. The van der Waals surface area contributed by atoms with Crippen molar-refractivity contribution in [2.45, 2.75) is 18.8 Å². The molecule has 0 amide bonds. The highest BCUT2D eigenvalue weighted by atomic mass is 35.5. The molecular weight excluding hydrogens is 210 g/mol. The van der Waals surface area contributed by atoms with Crippen LogP contribution in [0.25, 0.3) is 0 Å². The third-order valence-electron chi connectivity index (χ3n) is 3.66. The monoisotopic (exact) mass is 223 g/mol. The third-order valence-corrected chi connectivity index (χ3v) is 3.84. The fourth-order valence-electron chi connectivity index (χ4n) is 2.83. The minimum Gasteiger partial charge on any atom is -0.303 e. The first-order chi connectivity index (χ1) is 7.33. The molecule has 1 aromatic rings. The van der Waals surface area contributed by atoms with E-state index in [0.29, 0.717) is 11.1 Å². The number of fused-ring (bicyclic) bond motifs is 3. The van der Waals surface area contributed by atoms with Gasteiger partial charge < -0.3 is 4.90 Å². The van der Waals surface area contributed by atoms with E-state index in [1.165, 1.54) is 25.9 Å². The average molecular weight is 224 g/mol. The number of hydrogen-bond donors (Lipinski definition) is 0. The van der Waals surface area contributed by atoms with Crippen molar-refractivity contribution in [3.05, 3.63) is 23.2 Å². The van der Waals surface area contributed by atoms with E-state index >= 15 is 0 Å². The molecule has 0 aromatic carbocycles. The van der Waals surface area contributed by atoms with Gasteiger partial charge in [0.05, 0.1) is 11.9 Å². The quantitative estimate of drug-likeness (QED) is 0.729. The summed E-state index contributed by atoms with van der Waals surface area (Å²) in [6.45, 7) is 3.66. The lowest BCUT2D eigenvalue weighted by molar-refractivity contribution is 0.0853. The Bertz CT molecular complexity index is 361. The molecule has 0 saturated carbocycles. The Kier molecular flexibility index (Phi) is 2.37. The van der Waals surface area contributed by atoms with Crippen LogP contribution >= 0.6 is 11.6 Å². The molecule has 4 rings (SSSR count). The molecule has 4 heteroatoms. The van der Waals surface area contributed by atoms with Crippen LogP contribution in [0, 0.1) is 5.92 Å². The summed E-state index contributed by atoms with van der Waals surface area (Å²) in [4.78, 5) is 11.0. The molecule has 0 aliphatic carbocycles. The summed E-state index contributed by atoms with van der Waals surface area (Å²) in [7, 11) is 0. The summed E-state index contributed by atoms with van der Waals surface area (Å²) in [5.41, 5.74) is 1.08. The van der Waals surface area contributed by atoms with Crippen LogP contribution in [0.15, 0.2) is 12.4 Å². The zero-order chi connectivity index (χ0) is 10.3. The zero-order valence-electron chi connectivity index (χ0n) is 8.56. The molecule has 1 atom stereocenters. The minimum absolute atomic E-state index is 0.518. The van der Waals surface area contributed by atoms with Crippen molar-refractivity contribution >= 4 is 11.6 Å². The fourth-order valence-corrected chi connectivity index (χ4v) is 2.99. The molecule has 0 radical (unpaired) electrons. The zero-order valence-corrected chi connectivity index (χ0v) is 9.32. The third kappa shape index (κ3) is 1.74. The van der Waals surface area contributed by atoms with Crippen LogP contribution in [0.2, 0.25) is 5.15 Å². The van der Waals surface area contributed by atoms with Gasteiger partial charge in [0.15, 0.2) is 0 Å². The van der Waals surface area contributed by atoms with Gasteiger partial charge in [0.1, 0.15) is 5.15 Å². The lowest BCUT2D eigenvalue weighted by atomic mass is 9.77. The van der Waals surface area contributed by atoms with Gasteiger partial charge in [0.25, 0.3) is 0 Å². The second kappa shape index (κ2) is 3.72. The normalized spacial score (nSPS) is 34.3. The summed E-state index contributed by atoms with van der Waals surface area (Å²) >= 11 is 5.88. The Hall–Kier alpha value is -0.670. The molecule has 4 heterocycles. The van der Waals surface area contributed by atoms with Crippen molar-refractivity contribution < 1.29 is 0 Å². The van der Waals surface area contributed by atoms with E-state index in [4.69, 9.17) is 11.6 Å². The maximum Gasteiger partial charge on any atom is 0.147 e. The van der Waals surface area contributed by atoms with E-state index < -0.39 is 0 Å². The van der Waals surface area contributed by atoms with Crippen LogP contribution in [0.3, 0.4) is 0 Å². The van der Waals surface area contributed by atoms with Gasteiger partial charge in [-0.25, -0.2) is 4.98 Å². The summed E-state index contributed by atoms with van der Waals surface area (Å²) in [6, 6.07) is 0. The Labute approximate surface area is 94.5 Å². The molecule has 80 valence electrons. The van der Waals surface area contributed by atoms with Gasteiger partial charge in [-0.1, -0.05) is 11.6 Å². The lowest BCUT2D eigenvalue weighted by Crippen LogP contribution is -2.46. The van der Waals surface area contributed by atoms with Crippen molar-refractivity contribution in [3.63, 3.8) is 0 Å². The first-order valence-corrected chi connectivity index (χ1v) is 5.90. The Morgan fingerprint density at radius 3 is 2.67 bits per heavy atom. The van der Waals surface area contributed by atoms with Gasteiger partial charge in [-0.3, -0.25) is 4.98 Å². The second-order valence-corrected chi connectivity index (χ2v) is 4.90. The van der Waals surface area contributed by atoms with E-state index in [0.717, 1.165) is 18.2 Å². The van der Waals surface area contributed by atoms with Crippen LogP contribution in [0.1, 0.15) is 24.5 Å². The van der Waals surface area contributed by atoms with Crippen LogP contribution in [0.5, 0.6) is 0 Å². The minimum atomic E-state index is 0.518. The van der Waals surface area contributed by atoms with Crippen molar-refractivity contribution in [1.82, 2.24) is 14.9 Å². The molecular formula is C11H14ClN3. The van der Waals surface area contributed by atoms with E-state index in [1.807, 2.05) is 6.20 Å². The molecule has 15 heavy (non-hydrogen) atoms. The lowest BCUT2D eigenvalue weighted by Gasteiger charge is -2.44. The van der Waals surface area contributed by atoms with Gasteiger partial charge in [-0.15, -0.1) is 0 Å². The first kappa shape index (κ1) is 9.55. The maximum absolute atomic E-state index is 5.88. The van der Waals surface area contributed by atoms with E-state index in [-0.39, 0.29) is 0 Å². The van der Waals surface area contributed by atoms with Crippen LogP contribution in [-0.4, -0.2) is 34.5 Å². The highest BCUT2D eigenvalue weighted by molar-refractivity contribution is 6.29. The summed E-state index contributed by atoms with van der Waals surface area (Å²) < 4.78 is 0. The smallest absolute Gasteiger partial charge is 0.147 e. The van der Waals surface area contributed by atoms with E-state index in [1.54, 1.807) is 6.20 Å². The molecule has 0 N–H and O–H groups in total. The summed E-state index contributed by atoms with van der Waals surface area (Å²) in [6.07, 6.45) is 6.09. The highest BCUT2D eigenvalue weighted by Crippen LogP contribution is 2.37. The van der Waals surface area contributed by atoms with E-state index in [9.17, 15) is 0 Å². The van der Waals surface area contributed by atoms with Crippen molar-refractivity contribution in [2.24, 2.45) is 5.92 Å². The van der Waals surface area contributed by atoms with Gasteiger partial charge in [0, 0.05) is 18.7 Å². The molecule has 3 fully saturated rings. The molecule has 3 saturated heterocycles. The van der Waals surface area contributed by atoms with E-state index in [2.05, 4.69) is 14.9 Å². The fraction of sp³-hybridized carbons (Fsp3) is 0.636.